The maximum absolute atomic E-state index is 13.0. The number of aryl methyl sites for hydroxylation is 1. The summed E-state index contributed by atoms with van der Waals surface area (Å²) >= 11 is 1.10. The molecule has 0 spiro atoms. The second-order valence-electron chi connectivity index (χ2n) is 6.78. The van der Waals surface area contributed by atoms with E-state index in [0.29, 0.717) is 22.4 Å². The molecule has 0 unspecified atom stereocenters. The van der Waals surface area contributed by atoms with Gasteiger partial charge in [0.1, 0.15) is 5.76 Å². The Morgan fingerprint density at radius 2 is 2.06 bits per heavy atom. The maximum Gasteiger partial charge on any atom is 0.416 e. The van der Waals surface area contributed by atoms with Gasteiger partial charge >= 0.3 is 6.18 Å². The number of nitrogens with one attached hydrogen (secondary N) is 1. The molecule has 1 aliphatic rings. The minimum atomic E-state index is -4.65. The van der Waals surface area contributed by atoms with Crippen molar-refractivity contribution in [3.63, 3.8) is 0 Å². The topological polar surface area (TPSA) is 105 Å². The molecule has 0 aliphatic carbocycles. The third-order valence-electron chi connectivity index (χ3n) is 4.58. The molecule has 1 aromatic carbocycles. The number of carbonyl (C=O) groups excluding carboxylic acids is 1. The minimum absolute atomic E-state index is 0.0511. The standard InChI is InChI=1S/C18H15F3N4O4S2/c1-10-7-14(24-29-10)16(26)23-17-22-13-5-6-25(9-15(13)30-17)31(27,28)12-4-2-3-11(8-12)18(19,20)21/h2-4,7-8H,5-6,9H2,1H3,(H,22,23,26). The molecule has 1 N–H and O–H groups in total. The van der Waals surface area contributed by atoms with Crippen LogP contribution in [0.2, 0.25) is 0 Å². The normalized spacial score (nSPS) is 15.0. The van der Waals surface area contributed by atoms with E-state index >= 15 is 0 Å². The number of anilines is 1. The van der Waals surface area contributed by atoms with Crippen molar-refractivity contribution in [2.75, 3.05) is 11.9 Å². The van der Waals surface area contributed by atoms with Gasteiger partial charge in [-0.15, -0.1) is 11.3 Å². The highest BCUT2D eigenvalue weighted by Crippen LogP contribution is 2.34. The second-order valence-corrected chi connectivity index (χ2v) is 9.80. The highest BCUT2D eigenvalue weighted by Gasteiger charge is 2.34. The fourth-order valence-corrected chi connectivity index (χ4v) is 5.60. The molecule has 31 heavy (non-hydrogen) atoms. The predicted molar refractivity (Wildman–Crippen MR) is 104 cm³/mol. The molecule has 3 heterocycles. The number of sulfonamides is 1. The molecule has 3 aromatic rings. The number of thiazole rings is 1. The summed E-state index contributed by atoms with van der Waals surface area (Å²) in [5.74, 6) is -0.0459. The summed E-state index contributed by atoms with van der Waals surface area (Å²) in [6.45, 7) is 1.65. The average Bonchev–Trinajstić information content (AvgIpc) is 3.32. The lowest BCUT2D eigenvalue weighted by atomic mass is 10.2. The predicted octanol–water partition coefficient (Wildman–Crippen LogP) is 3.46. The molecule has 164 valence electrons. The number of nitrogens with zero attached hydrogens (tertiary/aromatic N) is 3. The highest BCUT2D eigenvalue weighted by molar-refractivity contribution is 7.89. The molecular weight excluding hydrogens is 457 g/mol. The van der Waals surface area contributed by atoms with E-state index in [1.807, 2.05) is 0 Å². The average molecular weight is 472 g/mol. The summed E-state index contributed by atoms with van der Waals surface area (Å²) in [7, 11) is -4.14. The number of benzene rings is 1. The molecule has 1 amide bonds. The van der Waals surface area contributed by atoms with Gasteiger partial charge in [-0.3, -0.25) is 10.1 Å². The van der Waals surface area contributed by atoms with E-state index in [9.17, 15) is 26.4 Å². The zero-order valence-electron chi connectivity index (χ0n) is 15.9. The molecule has 13 heteroatoms. The van der Waals surface area contributed by atoms with Gasteiger partial charge in [-0.1, -0.05) is 11.2 Å². The molecule has 0 atom stereocenters. The van der Waals surface area contributed by atoms with Crippen LogP contribution in [-0.2, 0) is 29.2 Å². The summed E-state index contributed by atoms with van der Waals surface area (Å²) in [4.78, 5) is 16.7. The van der Waals surface area contributed by atoms with Gasteiger partial charge in [-0.25, -0.2) is 13.4 Å². The first-order valence-electron chi connectivity index (χ1n) is 8.95. The SMILES string of the molecule is Cc1cc(C(=O)Nc2nc3c(s2)CN(S(=O)(=O)c2cccc(C(F)(F)F)c2)CC3)no1. The molecule has 2 aromatic heterocycles. The first-order chi connectivity index (χ1) is 14.5. The van der Waals surface area contributed by atoms with Crippen LogP contribution in [0.4, 0.5) is 18.3 Å². The number of alkyl halides is 3. The lowest BCUT2D eigenvalue weighted by Gasteiger charge is -2.25. The van der Waals surface area contributed by atoms with Crippen molar-refractivity contribution in [1.29, 1.82) is 0 Å². The molecule has 4 rings (SSSR count). The van der Waals surface area contributed by atoms with Crippen molar-refractivity contribution in [3.8, 4) is 0 Å². The number of halogens is 3. The lowest BCUT2D eigenvalue weighted by molar-refractivity contribution is -0.137. The quantitative estimate of drug-likeness (QED) is 0.624. The van der Waals surface area contributed by atoms with Crippen molar-refractivity contribution < 1.29 is 30.9 Å². The third-order valence-corrected chi connectivity index (χ3v) is 7.42. The van der Waals surface area contributed by atoms with Crippen molar-refractivity contribution in [2.45, 2.75) is 31.0 Å². The van der Waals surface area contributed by atoms with Gasteiger partial charge in [0.05, 0.1) is 22.7 Å². The van der Waals surface area contributed by atoms with Gasteiger partial charge in [0.2, 0.25) is 10.0 Å². The number of amides is 1. The van der Waals surface area contributed by atoms with E-state index < -0.39 is 32.6 Å². The summed E-state index contributed by atoms with van der Waals surface area (Å²) in [5, 5.41) is 6.48. The van der Waals surface area contributed by atoms with Crippen LogP contribution in [0.5, 0.6) is 0 Å². The molecule has 1 aliphatic heterocycles. The van der Waals surface area contributed by atoms with Gasteiger partial charge < -0.3 is 4.52 Å². The highest BCUT2D eigenvalue weighted by atomic mass is 32.2. The van der Waals surface area contributed by atoms with Crippen LogP contribution in [0.1, 0.15) is 32.4 Å². The van der Waals surface area contributed by atoms with Crippen LogP contribution >= 0.6 is 11.3 Å². The number of rotatable bonds is 4. The van der Waals surface area contributed by atoms with Crippen LogP contribution in [0.3, 0.4) is 0 Å². The number of hydrogen-bond donors (Lipinski definition) is 1. The van der Waals surface area contributed by atoms with E-state index in [0.717, 1.165) is 33.8 Å². The Balaban J connectivity index is 1.53. The number of fused-ring (bicyclic) bond motifs is 1. The fraction of sp³-hybridized carbons (Fsp3) is 0.278. The molecular formula is C18H15F3N4O4S2. The maximum atomic E-state index is 13.0. The first kappa shape index (κ1) is 21.5. The number of hydrogen-bond acceptors (Lipinski definition) is 7. The number of aromatic nitrogens is 2. The van der Waals surface area contributed by atoms with Gasteiger partial charge in [0.15, 0.2) is 10.8 Å². The Bertz CT molecular complexity index is 1250. The van der Waals surface area contributed by atoms with Crippen LogP contribution < -0.4 is 5.32 Å². The van der Waals surface area contributed by atoms with E-state index in [1.165, 1.54) is 6.07 Å². The monoisotopic (exact) mass is 472 g/mol. The van der Waals surface area contributed by atoms with Gasteiger partial charge in [0.25, 0.3) is 5.91 Å². The van der Waals surface area contributed by atoms with Gasteiger partial charge in [-0.05, 0) is 25.1 Å². The Labute approximate surface area is 178 Å². The largest absolute Gasteiger partial charge is 0.416 e. The van der Waals surface area contributed by atoms with Gasteiger partial charge in [-0.2, -0.15) is 17.5 Å². The molecule has 0 fully saturated rings. The Kier molecular flexibility index (Phi) is 5.35. The second kappa shape index (κ2) is 7.73. The van der Waals surface area contributed by atoms with Crippen LogP contribution in [0, 0.1) is 6.92 Å². The lowest BCUT2D eigenvalue weighted by Crippen LogP contribution is -2.35. The molecule has 0 bridgehead atoms. The van der Waals surface area contributed by atoms with Crippen molar-refractivity contribution >= 4 is 32.4 Å². The van der Waals surface area contributed by atoms with Crippen LogP contribution in [0.25, 0.3) is 0 Å². The van der Waals surface area contributed by atoms with Crippen molar-refractivity contribution in [3.05, 3.63) is 57.9 Å². The summed E-state index contributed by atoms with van der Waals surface area (Å²) in [5.41, 5.74) is -0.316. The van der Waals surface area contributed by atoms with E-state index in [4.69, 9.17) is 4.52 Å². The number of carbonyl (C=O) groups is 1. The van der Waals surface area contributed by atoms with Crippen LogP contribution in [-0.4, -0.2) is 35.3 Å². The van der Waals surface area contributed by atoms with E-state index in [-0.39, 0.29) is 30.3 Å². The van der Waals surface area contributed by atoms with Crippen molar-refractivity contribution in [2.24, 2.45) is 0 Å². The Morgan fingerprint density at radius 1 is 1.29 bits per heavy atom. The Hall–Kier alpha value is -2.77. The Morgan fingerprint density at radius 3 is 2.74 bits per heavy atom. The van der Waals surface area contributed by atoms with E-state index in [1.54, 1.807) is 6.92 Å². The molecule has 0 saturated heterocycles. The fourth-order valence-electron chi connectivity index (χ4n) is 3.05. The van der Waals surface area contributed by atoms with Gasteiger partial charge in [0, 0.05) is 23.9 Å². The summed E-state index contributed by atoms with van der Waals surface area (Å²) in [6, 6.07) is 5.12. The third kappa shape index (κ3) is 4.34. The zero-order valence-corrected chi connectivity index (χ0v) is 17.6. The smallest absolute Gasteiger partial charge is 0.361 e. The first-order valence-corrected chi connectivity index (χ1v) is 11.2. The summed E-state index contributed by atoms with van der Waals surface area (Å²) < 4.78 is 70.7. The minimum Gasteiger partial charge on any atom is -0.361 e. The molecule has 8 nitrogen and oxygen atoms in total. The van der Waals surface area contributed by atoms with Crippen molar-refractivity contribution in [1.82, 2.24) is 14.4 Å². The van der Waals surface area contributed by atoms with Crippen LogP contribution in [0.15, 0.2) is 39.8 Å². The summed E-state index contributed by atoms with van der Waals surface area (Å²) in [6.07, 6.45) is -4.38. The van der Waals surface area contributed by atoms with E-state index in [2.05, 4.69) is 15.5 Å². The zero-order chi connectivity index (χ0) is 22.4. The molecule has 0 saturated carbocycles. The molecule has 0 radical (unpaired) electrons.